The number of carbonyl (C=O) groups excluding carboxylic acids is 1. The third-order valence-electron chi connectivity index (χ3n) is 3.64. The van der Waals surface area contributed by atoms with E-state index in [1.54, 1.807) is 12.3 Å². The van der Waals surface area contributed by atoms with Gasteiger partial charge in [0, 0.05) is 18.4 Å². The van der Waals surface area contributed by atoms with Crippen LogP contribution in [0.4, 0.5) is 0 Å². The van der Waals surface area contributed by atoms with Gasteiger partial charge in [-0.3, -0.25) is 14.7 Å². The van der Waals surface area contributed by atoms with Crippen LogP contribution >= 0.6 is 11.8 Å². The number of nitrogens with one attached hydrogen (secondary N) is 1. The van der Waals surface area contributed by atoms with E-state index in [0.29, 0.717) is 5.57 Å². The minimum absolute atomic E-state index is 0.00271. The van der Waals surface area contributed by atoms with Gasteiger partial charge in [-0.25, -0.2) is 10.2 Å². The van der Waals surface area contributed by atoms with Crippen LogP contribution in [0.25, 0.3) is 0 Å². The molecule has 4 rings (SSSR count). The van der Waals surface area contributed by atoms with Gasteiger partial charge in [-0.15, -0.1) is 11.8 Å². The number of ether oxygens (including phenoxy) is 1. The molecule has 2 fully saturated rings. The Balaban J connectivity index is 1.56. The summed E-state index contributed by atoms with van der Waals surface area (Å²) in [4.78, 5) is 24.4. The third-order valence-corrected chi connectivity index (χ3v) is 4.72. The fourth-order valence-electron chi connectivity index (χ4n) is 2.66. The minimum Gasteiger partial charge on any atom is -0.477 e. The fourth-order valence-corrected chi connectivity index (χ4v) is 3.78. The Kier molecular flexibility index (Phi) is 2.39. The maximum absolute atomic E-state index is 12.1. The van der Waals surface area contributed by atoms with Crippen LogP contribution in [0.15, 0.2) is 34.7 Å². The van der Waals surface area contributed by atoms with E-state index in [-0.39, 0.29) is 23.2 Å². The van der Waals surface area contributed by atoms with Crippen molar-refractivity contribution in [3.8, 4) is 0 Å². The number of rotatable bonds is 2. The molecular weight excluding hydrogens is 282 g/mol. The van der Waals surface area contributed by atoms with Gasteiger partial charge in [-0.1, -0.05) is 0 Å². The van der Waals surface area contributed by atoms with Crippen molar-refractivity contribution in [3.05, 3.63) is 34.7 Å². The molecule has 2 saturated heterocycles. The normalized spacial score (nSPS) is 32.6. The summed E-state index contributed by atoms with van der Waals surface area (Å²) in [6.45, 7) is 0.841. The van der Waals surface area contributed by atoms with Gasteiger partial charge >= 0.3 is 5.97 Å². The molecule has 8 heteroatoms. The number of carboxylic acid groups (broad SMARTS) is 1. The van der Waals surface area contributed by atoms with Crippen molar-refractivity contribution in [2.75, 3.05) is 6.54 Å². The van der Waals surface area contributed by atoms with Gasteiger partial charge < -0.3 is 9.84 Å². The Labute approximate surface area is 118 Å². The highest BCUT2D eigenvalue weighted by Crippen LogP contribution is 2.45. The maximum Gasteiger partial charge on any atom is 0.353 e. The molecule has 0 saturated carbocycles. The Morgan fingerprint density at radius 3 is 3.25 bits per heavy atom. The van der Waals surface area contributed by atoms with Gasteiger partial charge in [-0.2, -0.15) is 0 Å². The smallest absolute Gasteiger partial charge is 0.353 e. The number of hydrogen-bond acceptors (Lipinski definition) is 6. The van der Waals surface area contributed by atoms with Crippen LogP contribution in [0.1, 0.15) is 6.42 Å². The first kappa shape index (κ1) is 11.9. The summed E-state index contributed by atoms with van der Waals surface area (Å²) in [7, 11) is 0. The van der Waals surface area contributed by atoms with Gasteiger partial charge in [0.15, 0.2) is 6.23 Å². The van der Waals surface area contributed by atoms with E-state index >= 15 is 0 Å². The Morgan fingerprint density at radius 1 is 1.60 bits per heavy atom. The first-order valence-corrected chi connectivity index (χ1v) is 7.13. The zero-order valence-electron chi connectivity index (χ0n) is 10.3. The van der Waals surface area contributed by atoms with Crippen molar-refractivity contribution >= 4 is 23.6 Å². The largest absolute Gasteiger partial charge is 0.477 e. The number of hydrogen-bond donors (Lipinski definition) is 2. The summed E-state index contributed by atoms with van der Waals surface area (Å²) in [5, 5.41) is 12.2. The predicted octanol–water partition coefficient (Wildman–Crippen LogP) is 0.162. The first-order valence-electron chi connectivity index (χ1n) is 6.19. The summed E-state index contributed by atoms with van der Waals surface area (Å²) in [5.41, 5.74) is 4.64. The molecule has 1 amide bonds. The van der Waals surface area contributed by atoms with Crippen molar-refractivity contribution in [2.45, 2.75) is 18.0 Å². The van der Waals surface area contributed by atoms with Crippen LogP contribution in [0.2, 0.25) is 0 Å². The van der Waals surface area contributed by atoms with Crippen LogP contribution in [-0.4, -0.2) is 45.0 Å². The lowest BCUT2D eigenvalue weighted by molar-refractivity contribution is -0.141. The molecule has 7 nitrogen and oxygen atoms in total. The van der Waals surface area contributed by atoms with E-state index in [1.807, 2.05) is 5.01 Å². The van der Waals surface area contributed by atoms with Gasteiger partial charge in [0.05, 0.1) is 11.3 Å². The number of aliphatic carboxylic acids is 1. The number of β-lactam (4-membered cyclic amide) rings is 1. The van der Waals surface area contributed by atoms with Crippen molar-refractivity contribution < 1.29 is 19.4 Å². The number of fused-ring (bicyclic) bond motifs is 2. The predicted molar refractivity (Wildman–Crippen MR) is 69.4 cm³/mol. The molecule has 4 aliphatic heterocycles. The second kappa shape index (κ2) is 4.03. The Hall–Kier alpha value is -1.93. The molecule has 2 atom stereocenters. The van der Waals surface area contributed by atoms with Crippen LogP contribution in [-0.2, 0) is 14.3 Å². The molecular formula is C12H11N3O4S. The second-order valence-electron chi connectivity index (χ2n) is 4.77. The molecule has 0 bridgehead atoms. The van der Waals surface area contributed by atoms with E-state index in [9.17, 15) is 9.59 Å². The molecule has 20 heavy (non-hydrogen) atoms. The molecule has 2 unspecified atom stereocenters. The third kappa shape index (κ3) is 1.46. The molecule has 0 aromatic rings. The summed E-state index contributed by atoms with van der Waals surface area (Å²) in [6.07, 6.45) is 4.29. The Bertz CT molecular complexity index is 612. The Morgan fingerprint density at radius 2 is 2.45 bits per heavy atom. The lowest BCUT2D eigenvalue weighted by Crippen LogP contribution is -2.51. The van der Waals surface area contributed by atoms with Gasteiger partial charge in [-0.05, 0) is 6.08 Å². The summed E-state index contributed by atoms with van der Waals surface area (Å²) in [6, 6.07) is 0. The molecule has 0 aromatic heterocycles. The summed E-state index contributed by atoms with van der Waals surface area (Å²) in [5.74, 6) is -1.32. The number of allylic oxidation sites excluding steroid dienone is 1. The second-order valence-corrected chi connectivity index (χ2v) is 5.73. The van der Waals surface area contributed by atoms with E-state index in [0.717, 1.165) is 18.7 Å². The van der Waals surface area contributed by atoms with Crippen molar-refractivity contribution in [1.82, 2.24) is 15.3 Å². The van der Waals surface area contributed by atoms with Gasteiger partial charge in [0.25, 0.3) is 5.91 Å². The minimum atomic E-state index is -1.07. The van der Waals surface area contributed by atoms with Crippen LogP contribution < -0.4 is 5.43 Å². The molecule has 2 N–H and O–H groups in total. The van der Waals surface area contributed by atoms with Gasteiger partial charge in [0.2, 0.25) is 0 Å². The van der Waals surface area contributed by atoms with Gasteiger partial charge in [0.1, 0.15) is 17.3 Å². The van der Waals surface area contributed by atoms with E-state index in [4.69, 9.17) is 9.84 Å². The average Bonchev–Trinajstić information content (AvgIpc) is 3.09. The highest BCUT2D eigenvalue weighted by Gasteiger charge is 2.50. The fraction of sp³-hybridized carbons (Fsp3) is 0.333. The molecule has 0 aliphatic carbocycles. The monoisotopic (exact) mass is 293 g/mol. The lowest BCUT2D eigenvalue weighted by atomic mass is 10.0. The molecule has 0 aromatic carbocycles. The number of hydrazine groups is 1. The zero-order chi connectivity index (χ0) is 13.9. The highest BCUT2D eigenvalue weighted by atomic mass is 32.2. The molecule has 4 heterocycles. The van der Waals surface area contributed by atoms with E-state index < -0.39 is 5.97 Å². The highest BCUT2D eigenvalue weighted by molar-refractivity contribution is 8.03. The zero-order valence-corrected chi connectivity index (χ0v) is 11.1. The summed E-state index contributed by atoms with van der Waals surface area (Å²) >= 11 is 1.34. The number of thioether (sulfide) groups is 1. The molecule has 0 radical (unpaired) electrons. The topological polar surface area (TPSA) is 82.1 Å². The van der Waals surface area contributed by atoms with E-state index in [1.165, 1.54) is 22.1 Å². The molecule has 4 aliphatic rings. The molecule has 104 valence electrons. The lowest BCUT2D eigenvalue weighted by Gasteiger charge is -2.37. The standard InChI is InChI=1S/C12H11N3O4S/c16-10-7(11-14(10)8(5-20-11)12(17)18)3-6-4-19-9-1-2-13-15(6)9/h3-5,9,11,13H,1-2H2,(H,17,18). The van der Waals surface area contributed by atoms with Crippen molar-refractivity contribution in [2.24, 2.45) is 0 Å². The maximum atomic E-state index is 12.1. The van der Waals surface area contributed by atoms with Crippen molar-refractivity contribution in [1.29, 1.82) is 0 Å². The van der Waals surface area contributed by atoms with Crippen LogP contribution in [0, 0.1) is 0 Å². The summed E-state index contributed by atoms with van der Waals surface area (Å²) < 4.78 is 5.48. The van der Waals surface area contributed by atoms with Crippen molar-refractivity contribution in [3.63, 3.8) is 0 Å². The number of nitrogens with zero attached hydrogens (tertiary/aromatic N) is 2. The SMILES string of the molecule is O=C(O)C1=CSC2C(=CC3=COC4CCNN34)C(=O)N12. The molecule has 0 spiro atoms. The van der Waals surface area contributed by atoms with E-state index in [2.05, 4.69) is 5.43 Å². The average molecular weight is 293 g/mol. The number of amides is 1. The number of carboxylic acids is 1. The first-order chi connectivity index (χ1) is 9.66. The quantitative estimate of drug-likeness (QED) is 0.554. The van der Waals surface area contributed by atoms with Crippen LogP contribution in [0.5, 0.6) is 0 Å². The van der Waals surface area contributed by atoms with Crippen LogP contribution in [0.3, 0.4) is 0 Å². The number of carbonyl (C=O) groups is 2.